The first-order chi connectivity index (χ1) is 13.2. The maximum absolute atomic E-state index is 12.5. The normalized spacial score (nSPS) is 11.8. The Morgan fingerprint density at radius 3 is 2.21 bits per heavy atom. The summed E-state index contributed by atoms with van der Waals surface area (Å²) in [5, 5.41) is 3.21. The van der Waals surface area contributed by atoms with Gasteiger partial charge in [0.25, 0.3) is 17.7 Å². The highest BCUT2D eigenvalue weighted by atomic mass is 35.5. The van der Waals surface area contributed by atoms with Crippen LogP contribution in [0.4, 0.5) is 0 Å². The topological polar surface area (TPSA) is 100 Å². The Morgan fingerprint density at radius 1 is 1.04 bits per heavy atom. The summed E-state index contributed by atoms with van der Waals surface area (Å²) >= 11 is 5.83. The standard InChI is InChI=1S/C20H24ClN3O4/c1-11(2)9-17(22-18(25)14-5-7-15(21)8-6-14)20(27)24-23-19(26)16-10-12(3)28-13(16)4/h5-8,10-11,17H,9H2,1-4H3,(H,22,25)(H,23,26)(H,24,27)/t17-/m1/s1. The Hall–Kier alpha value is -2.80. The molecule has 3 amide bonds. The van der Waals surface area contributed by atoms with Gasteiger partial charge in [0.15, 0.2) is 0 Å². The highest BCUT2D eigenvalue weighted by molar-refractivity contribution is 6.30. The summed E-state index contributed by atoms with van der Waals surface area (Å²) in [6.45, 7) is 7.26. The zero-order chi connectivity index (χ0) is 20.8. The number of carbonyl (C=O) groups excluding carboxylic acids is 3. The molecule has 1 heterocycles. The van der Waals surface area contributed by atoms with Crippen LogP contribution in [0.2, 0.25) is 5.02 Å². The first-order valence-electron chi connectivity index (χ1n) is 8.91. The molecular weight excluding hydrogens is 382 g/mol. The van der Waals surface area contributed by atoms with E-state index in [2.05, 4.69) is 16.2 Å². The summed E-state index contributed by atoms with van der Waals surface area (Å²) in [6, 6.07) is 7.13. The molecule has 1 atom stereocenters. The molecule has 0 aliphatic rings. The lowest BCUT2D eigenvalue weighted by atomic mass is 10.0. The maximum Gasteiger partial charge on any atom is 0.273 e. The number of halogens is 1. The quantitative estimate of drug-likeness (QED) is 0.642. The summed E-state index contributed by atoms with van der Waals surface area (Å²) in [6.07, 6.45) is 0.408. The molecule has 8 heteroatoms. The van der Waals surface area contributed by atoms with Gasteiger partial charge >= 0.3 is 0 Å². The highest BCUT2D eigenvalue weighted by Crippen LogP contribution is 2.13. The van der Waals surface area contributed by atoms with E-state index in [9.17, 15) is 14.4 Å². The second kappa shape index (κ2) is 9.41. The van der Waals surface area contributed by atoms with Crippen LogP contribution >= 0.6 is 11.6 Å². The summed E-state index contributed by atoms with van der Waals surface area (Å²) in [5.41, 5.74) is 5.46. The van der Waals surface area contributed by atoms with Crippen molar-refractivity contribution in [2.24, 2.45) is 5.92 Å². The van der Waals surface area contributed by atoms with Crippen molar-refractivity contribution in [1.29, 1.82) is 0 Å². The van der Waals surface area contributed by atoms with Crippen LogP contribution in [-0.2, 0) is 4.79 Å². The van der Waals surface area contributed by atoms with Crippen LogP contribution in [0.5, 0.6) is 0 Å². The van der Waals surface area contributed by atoms with Crippen LogP contribution in [0.15, 0.2) is 34.7 Å². The number of hydrazine groups is 1. The van der Waals surface area contributed by atoms with Gasteiger partial charge in [0.1, 0.15) is 17.6 Å². The third-order valence-electron chi connectivity index (χ3n) is 4.02. The van der Waals surface area contributed by atoms with Crippen molar-refractivity contribution in [2.45, 2.75) is 40.2 Å². The number of benzene rings is 1. The third-order valence-corrected chi connectivity index (χ3v) is 4.27. The van der Waals surface area contributed by atoms with Crippen molar-refractivity contribution in [2.75, 3.05) is 0 Å². The summed E-state index contributed by atoms with van der Waals surface area (Å²) in [7, 11) is 0. The van der Waals surface area contributed by atoms with Gasteiger partial charge in [0.05, 0.1) is 5.56 Å². The Labute approximate surface area is 168 Å². The van der Waals surface area contributed by atoms with Gasteiger partial charge in [-0.2, -0.15) is 0 Å². The lowest BCUT2D eigenvalue weighted by Crippen LogP contribution is -2.52. The van der Waals surface area contributed by atoms with E-state index >= 15 is 0 Å². The Bertz CT molecular complexity index is 859. The van der Waals surface area contributed by atoms with Crippen LogP contribution in [0.1, 0.15) is 52.5 Å². The minimum atomic E-state index is -0.810. The van der Waals surface area contributed by atoms with E-state index < -0.39 is 23.8 Å². The zero-order valence-corrected chi connectivity index (χ0v) is 17.0. The lowest BCUT2D eigenvalue weighted by molar-refractivity contribution is -0.124. The van der Waals surface area contributed by atoms with E-state index in [1.165, 1.54) is 0 Å². The fraction of sp³-hybridized carbons (Fsp3) is 0.350. The van der Waals surface area contributed by atoms with E-state index in [1.54, 1.807) is 44.2 Å². The van der Waals surface area contributed by atoms with Gasteiger partial charge in [-0.25, -0.2) is 0 Å². The molecule has 1 aromatic heterocycles. The zero-order valence-electron chi connectivity index (χ0n) is 16.3. The molecule has 0 unspecified atom stereocenters. The van der Waals surface area contributed by atoms with Gasteiger partial charge in [0, 0.05) is 10.6 Å². The van der Waals surface area contributed by atoms with Crippen molar-refractivity contribution < 1.29 is 18.8 Å². The van der Waals surface area contributed by atoms with Gasteiger partial charge in [-0.1, -0.05) is 25.4 Å². The summed E-state index contributed by atoms with van der Waals surface area (Å²) in [4.78, 5) is 37.2. The number of nitrogens with one attached hydrogen (secondary N) is 3. The molecule has 150 valence electrons. The predicted molar refractivity (Wildman–Crippen MR) is 106 cm³/mol. The average molecular weight is 406 g/mol. The van der Waals surface area contributed by atoms with Crippen LogP contribution in [-0.4, -0.2) is 23.8 Å². The molecule has 2 aromatic rings. The molecule has 2 rings (SSSR count). The first-order valence-corrected chi connectivity index (χ1v) is 9.28. The molecule has 7 nitrogen and oxygen atoms in total. The Morgan fingerprint density at radius 2 is 1.68 bits per heavy atom. The molecule has 0 radical (unpaired) electrons. The van der Waals surface area contributed by atoms with E-state index in [-0.39, 0.29) is 5.92 Å². The van der Waals surface area contributed by atoms with Crippen molar-refractivity contribution in [1.82, 2.24) is 16.2 Å². The average Bonchev–Trinajstić information content (AvgIpc) is 2.97. The molecule has 0 bridgehead atoms. The van der Waals surface area contributed by atoms with Gasteiger partial charge in [-0.3, -0.25) is 25.2 Å². The molecule has 0 spiro atoms. The number of hydrogen-bond donors (Lipinski definition) is 3. The smallest absolute Gasteiger partial charge is 0.273 e. The second-order valence-corrected chi connectivity index (χ2v) is 7.37. The fourth-order valence-electron chi connectivity index (χ4n) is 2.67. The lowest BCUT2D eigenvalue weighted by Gasteiger charge is -2.20. The molecule has 0 aliphatic carbocycles. The van der Waals surface area contributed by atoms with E-state index in [1.807, 2.05) is 13.8 Å². The van der Waals surface area contributed by atoms with Crippen molar-refractivity contribution >= 4 is 29.3 Å². The SMILES string of the molecule is Cc1cc(C(=O)NNC(=O)[C@@H](CC(C)C)NC(=O)c2ccc(Cl)cc2)c(C)o1. The van der Waals surface area contributed by atoms with E-state index in [4.69, 9.17) is 16.0 Å². The first kappa shape index (κ1) is 21.5. The largest absolute Gasteiger partial charge is 0.466 e. The highest BCUT2D eigenvalue weighted by Gasteiger charge is 2.23. The second-order valence-electron chi connectivity index (χ2n) is 6.93. The number of hydrogen-bond acceptors (Lipinski definition) is 4. The fourth-order valence-corrected chi connectivity index (χ4v) is 2.80. The number of rotatable bonds is 6. The molecule has 0 fully saturated rings. The number of furan rings is 1. The molecule has 0 saturated carbocycles. The Balaban J connectivity index is 2.02. The molecular formula is C20H24ClN3O4. The minimum Gasteiger partial charge on any atom is -0.466 e. The molecule has 0 aliphatic heterocycles. The Kier molecular flexibility index (Phi) is 7.23. The van der Waals surface area contributed by atoms with E-state index in [0.29, 0.717) is 34.1 Å². The van der Waals surface area contributed by atoms with Gasteiger partial charge in [-0.05, 0) is 56.5 Å². The van der Waals surface area contributed by atoms with Crippen molar-refractivity contribution in [3.05, 3.63) is 58.0 Å². The molecule has 0 saturated heterocycles. The number of amides is 3. The number of carbonyl (C=O) groups is 3. The number of aryl methyl sites for hydroxylation is 2. The van der Waals surface area contributed by atoms with Crippen LogP contribution < -0.4 is 16.2 Å². The predicted octanol–water partition coefficient (Wildman–Crippen LogP) is 3.16. The summed E-state index contributed by atoms with van der Waals surface area (Å²) in [5.74, 6) is -0.195. The molecule has 28 heavy (non-hydrogen) atoms. The van der Waals surface area contributed by atoms with Gasteiger partial charge in [0.2, 0.25) is 0 Å². The van der Waals surface area contributed by atoms with Crippen LogP contribution in [0.25, 0.3) is 0 Å². The minimum absolute atomic E-state index is 0.149. The third kappa shape index (κ3) is 5.85. The molecule has 1 aromatic carbocycles. The van der Waals surface area contributed by atoms with Crippen molar-refractivity contribution in [3.8, 4) is 0 Å². The van der Waals surface area contributed by atoms with Gasteiger partial charge < -0.3 is 9.73 Å². The van der Waals surface area contributed by atoms with Crippen LogP contribution in [0.3, 0.4) is 0 Å². The van der Waals surface area contributed by atoms with Crippen LogP contribution in [0, 0.1) is 19.8 Å². The van der Waals surface area contributed by atoms with E-state index in [0.717, 1.165) is 0 Å². The van der Waals surface area contributed by atoms with Gasteiger partial charge in [-0.15, -0.1) is 0 Å². The maximum atomic E-state index is 12.5. The molecule has 3 N–H and O–H groups in total. The monoisotopic (exact) mass is 405 g/mol. The summed E-state index contributed by atoms with van der Waals surface area (Å²) < 4.78 is 5.31. The van der Waals surface area contributed by atoms with Crippen molar-refractivity contribution in [3.63, 3.8) is 0 Å².